The second kappa shape index (κ2) is 12.3. The van der Waals surface area contributed by atoms with Crippen molar-refractivity contribution in [3.63, 3.8) is 0 Å². The monoisotopic (exact) mass is 383 g/mol. The maximum absolute atomic E-state index is 2.73. The summed E-state index contributed by atoms with van der Waals surface area (Å²) in [5.41, 5.74) is 4.50. The lowest BCUT2D eigenvalue weighted by molar-refractivity contribution is 0.102. The molecular formula is C27H45N. The Hall–Kier alpha value is -1.34. The number of hydrogen-bond acceptors (Lipinski definition) is 1. The van der Waals surface area contributed by atoms with Crippen molar-refractivity contribution in [3.05, 3.63) is 59.3 Å². The zero-order valence-corrected chi connectivity index (χ0v) is 19.9. The molecule has 1 fully saturated rings. The molecule has 0 amide bonds. The van der Waals surface area contributed by atoms with E-state index in [9.17, 15) is 0 Å². The lowest BCUT2D eigenvalue weighted by Crippen LogP contribution is -2.45. The summed E-state index contributed by atoms with van der Waals surface area (Å²) in [6.45, 7) is 21.9. The van der Waals surface area contributed by atoms with E-state index in [0.29, 0.717) is 0 Å². The summed E-state index contributed by atoms with van der Waals surface area (Å²) in [4.78, 5) is 2.73. The van der Waals surface area contributed by atoms with Crippen LogP contribution in [0.25, 0.3) is 0 Å². The molecule has 3 atom stereocenters. The van der Waals surface area contributed by atoms with E-state index < -0.39 is 0 Å². The molecule has 0 spiro atoms. The molecule has 1 nitrogen and oxygen atoms in total. The number of likely N-dealkylation sites (tertiary alicyclic amines) is 1. The summed E-state index contributed by atoms with van der Waals surface area (Å²) in [6.07, 6.45) is 19.2. The molecule has 0 aromatic heterocycles. The number of allylic oxidation sites excluding steroid dienone is 9. The van der Waals surface area contributed by atoms with Gasteiger partial charge in [-0.1, -0.05) is 86.9 Å². The van der Waals surface area contributed by atoms with E-state index in [1.165, 1.54) is 30.7 Å². The van der Waals surface area contributed by atoms with E-state index in [1.54, 1.807) is 5.57 Å². The molecule has 0 radical (unpaired) electrons. The third-order valence-corrected chi connectivity index (χ3v) is 6.10. The van der Waals surface area contributed by atoms with Crippen LogP contribution in [0, 0.1) is 17.3 Å². The fourth-order valence-corrected chi connectivity index (χ4v) is 4.91. The molecule has 1 heterocycles. The van der Waals surface area contributed by atoms with E-state index in [1.807, 2.05) is 0 Å². The van der Waals surface area contributed by atoms with Gasteiger partial charge in [0.15, 0.2) is 0 Å². The highest BCUT2D eigenvalue weighted by Crippen LogP contribution is 2.38. The van der Waals surface area contributed by atoms with E-state index in [0.717, 1.165) is 31.2 Å². The van der Waals surface area contributed by atoms with Crippen molar-refractivity contribution in [2.75, 3.05) is 19.6 Å². The zero-order valence-electron chi connectivity index (χ0n) is 19.9. The molecule has 1 aliphatic rings. The van der Waals surface area contributed by atoms with Gasteiger partial charge in [-0.2, -0.15) is 0 Å². The molecule has 1 rings (SSSR count). The minimum atomic E-state index is 0.188. The lowest BCUT2D eigenvalue weighted by Gasteiger charge is -2.42. The summed E-state index contributed by atoms with van der Waals surface area (Å²) in [6, 6.07) is 0. The molecule has 0 saturated carbocycles. The average molecular weight is 384 g/mol. The average Bonchev–Trinajstić information content (AvgIpc) is 2.63. The molecule has 158 valence electrons. The standard InChI is InChI=1S/C27H45N/c1-9-13-14-22(5)15-16-25(10-2)18-27(8,26(11-3)12-4)21-28-19-23(6)17-24(7)20-28/h9-11,13-16,23-24H,12,17-21H2,1-8H3/b13-9-,16-15-,22-14+,25-10+,26-11-. The summed E-state index contributed by atoms with van der Waals surface area (Å²) in [5.74, 6) is 1.62. The number of piperidine rings is 1. The van der Waals surface area contributed by atoms with E-state index in [4.69, 9.17) is 0 Å². The van der Waals surface area contributed by atoms with Crippen molar-refractivity contribution in [1.29, 1.82) is 0 Å². The first-order chi connectivity index (χ1) is 13.3. The molecule has 28 heavy (non-hydrogen) atoms. The summed E-state index contributed by atoms with van der Waals surface area (Å²) < 4.78 is 0. The fourth-order valence-electron chi connectivity index (χ4n) is 4.91. The van der Waals surface area contributed by atoms with Crippen LogP contribution in [0.4, 0.5) is 0 Å². The van der Waals surface area contributed by atoms with Crippen LogP contribution in [0.1, 0.15) is 74.7 Å². The molecule has 0 aromatic rings. The Balaban J connectivity index is 3.04. The van der Waals surface area contributed by atoms with E-state index in [-0.39, 0.29) is 5.41 Å². The largest absolute Gasteiger partial charge is 0.302 e. The van der Waals surface area contributed by atoms with Gasteiger partial charge in [0.1, 0.15) is 0 Å². The number of nitrogens with zero attached hydrogens (tertiary/aromatic N) is 1. The zero-order chi connectivity index (χ0) is 21.2. The van der Waals surface area contributed by atoms with Crippen LogP contribution in [-0.4, -0.2) is 24.5 Å². The van der Waals surface area contributed by atoms with Crippen molar-refractivity contribution >= 4 is 0 Å². The van der Waals surface area contributed by atoms with Crippen LogP contribution in [0.5, 0.6) is 0 Å². The topological polar surface area (TPSA) is 3.24 Å². The van der Waals surface area contributed by atoms with Crippen molar-refractivity contribution in [2.45, 2.75) is 74.7 Å². The third-order valence-electron chi connectivity index (χ3n) is 6.10. The van der Waals surface area contributed by atoms with Crippen molar-refractivity contribution in [3.8, 4) is 0 Å². The van der Waals surface area contributed by atoms with E-state index in [2.05, 4.69) is 103 Å². The van der Waals surface area contributed by atoms with Crippen LogP contribution in [-0.2, 0) is 0 Å². The van der Waals surface area contributed by atoms with Gasteiger partial charge < -0.3 is 4.90 Å². The first-order valence-corrected chi connectivity index (χ1v) is 11.3. The second-order valence-electron chi connectivity index (χ2n) is 9.18. The SMILES string of the molecule is C\C=C/C=C(C)/C=C\C(=C/C)CC(C)(CN1CC(C)CC(C)C1)/C(=C\C)CC. The highest BCUT2D eigenvalue weighted by Gasteiger charge is 2.33. The minimum absolute atomic E-state index is 0.188. The van der Waals surface area contributed by atoms with Gasteiger partial charge in [0.2, 0.25) is 0 Å². The van der Waals surface area contributed by atoms with Gasteiger partial charge in [-0.25, -0.2) is 0 Å². The molecule has 0 aromatic carbocycles. The van der Waals surface area contributed by atoms with Gasteiger partial charge in [-0.3, -0.25) is 0 Å². The van der Waals surface area contributed by atoms with Crippen LogP contribution in [0.3, 0.4) is 0 Å². The maximum atomic E-state index is 2.73. The smallest absolute Gasteiger partial charge is 0.00761 e. The van der Waals surface area contributed by atoms with Crippen LogP contribution >= 0.6 is 0 Å². The van der Waals surface area contributed by atoms with E-state index >= 15 is 0 Å². The molecule has 3 unspecified atom stereocenters. The first-order valence-electron chi connectivity index (χ1n) is 11.3. The van der Waals surface area contributed by atoms with Gasteiger partial charge in [-0.15, -0.1) is 0 Å². The molecule has 1 saturated heterocycles. The van der Waals surface area contributed by atoms with Gasteiger partial charge in [0, 0.05) is 25.0 Å². The third kappa shape index (κ3) is 7.95. The summed E-state index contributed by atoms with van der Waals surface area (Å²) >= 11 is 0. The van der Waals surface area contributed by atoms with Crippen LogP contribution < -0.4 is 0 Å². The number of hydrogen-bond donors (Lipinski definition) is 0. The molecule has 0 N–H and O–H groups in total. The van der Waals surface area contributed by atoms with Crippen LogP contribution in [0.2, 0.25) is 0 Å². The molecular weight excluding hydrogens is 338 g/mol. The Morgan fingerprint density at radius 3 is 2.18 bits per heavy atom. The quantitative estimate of drug-likeness (QED) is 0.291. The Morgan fingerprint density at radius 1 is 1.04 bits per heavy atom. The fraction of sp³-hybridized carbons (Fsp3) is 0.630. The predicted octanol–water partition coefficient (Wildman–Crippen LogP) is 7.74. The van der Waals surface area contributed by atoms with Gasteiger partial charge in [0.05, 0.1) is 0 Å². The maximum Gasteiger partial charge on any atom is 0.00761 e. The Labute approximate surface area is 176 Å². The second-order valence-corrected chi connectivity index (χ2v) is 9.18. The predicted molar refractivity (Wildman–Crippen MR) is 128 cm³/mol. The highest BCUT2D eigenvalue weighted by atomic mass is 15.1. The van der Waals surface area contributed by atoms with Gasteiger partial charge in [0.25, 0.3) is 0 Å². The number of rotatable bonds is 9. The van der Waals surface area contributed by atoms with Gasteiger partial charge in [-0.05, 0) is 58.8 Å². The van der Waals surface area contributed by atoms with Crippen molar-refractivity contribution in [1.82, 2.24) is 4.90 Å². The van der Waals surface area contributed by atoms with Crippen LogP contribution in [0.15, 0.2) is 59.3 Å². The molecule has 0 aliphatic carbocycles. The summed E-state index contributed by atoms with van der Waals surface area (Å²) in [7, 11) is 0. The van der Waals surface area contributed by atoms with Crippen molar-refractivity contribution in [2.24, 2.45) is 17.3 Å². The first kappa shape index (κ1) is 24.7. The Morgan fingerprint density at radius 2 is 1.68 bits per heavy atom. The minimum Gasteiger partial charge on any atom is -0.302 e. The molecule has 0 bridgehead atoms. The molecule has 1 aliphatic heterocycles. The Kier molecular flexibility index (Phi) is 10.8. The van der Waals surface area contributed by atoms with Crippen molar-refractivity contribution < 1.29 is 0 Å². The Bertz CT molecular complexity index is 606. The highest BCUT2D eigenvalue weighted by molar-refractivity contribution is 5.31. The van der Waals surface area contributed by atoms with Gasteiger partial charge >= 0.3 is 0 Å². The summed E-state index contributed by atoms with van der Waals surface area (Å²) in [5, 5.41) is 0. The lowest BCUT2D eigenvalue weighted by atomic mass is 9.74. The molecule has 1 heteroatoms. The normalized spacial score (nSPS) is 25.6.